The van der Waals surface area contributed by atoms with Gasteiger partial charge in [0.1, 0.15) is 0 Å². The SMILES string of the molecule is Cc1c[nH]cc1C(C)COC=O. The molecular formula is C9H13NO2. The Morgan fingerprint density at radius 2 is 2.42 bits per heavy atom. The van der Waals surface area contributed by atoms with E-state index in [2.05, 4.69) is 9.72 Å². The van der Waals surface area contributed by atoms with Crippen molar-refractivity contribution in [1.82, 2.24) is 4.98 Å². The van der Waals surface area contributed by atoms with Gasteiger partial charge in [0.15, 0.2) is 0 Å². The Morgan fingerprint density at radius 1 is 1.67 bits per heavy atom. The second kappa shape index (κ2) is 3.95. The number of aromatic amines is 1. The minimum atomic E-state index is 0.265. The highest BCUT2D eigenvalue weighted by molar-refractivity contribution is 5.37. The summed E-state index contributed by atoms with van der Waals surface area (Å²) in [4.78, 5) is 12.9. The molecule has 0 aliphatic rings. The van der Waals surface area contributed by atoms with E-state index in [0.717, 1.165) is 0 Å². The number of aryl methyl sites for hydroxylation is 1. The van der Waals surface area contributed by atoms with Gasteiger partial charge < -0.3 is 9.72 Å². The van der Waals surface area contributed by atoms with Crippen LogP contribution in [0.3, 0.4) is 0 Å². The molecule has 1 unspecified atom stereocenters. The third-order valence-electron chi connectivity index (χ3n) is 1.94. The van der Waals surface area contributed by atoms with Crippen molar-refractivity contribution in [2.45, 2.75) is 19.8 Å². The fourth-order valence-electron chi connectivity index (χ4n) is 1.26. The Balaban J connectivity index is 2.58. The Labute approximate surface area is 71.7 Å². The number of hydrogen-bond donors (Lipinski definition) is 1. The maximum absolute atomic E-state index is 9.93. The number of carbonyl (C=O) groups is 1. The Hall–Kier alpha value is -1.25. The number of rotatable bonds is 4. The lowest BCUT2D eigenvalue weighted by atomic mass is 10.0. The average Bonchev–Trinajstić information content (AvgIpc) is 2.47. The largest absolute Gasteiger partial charge is 0.467 e. The maximum atomic E-state index is 9.93. The number of aromatic nitrogens is 1. The first-order valence-corrected chi connectivity index (χ1v) is 3.94. The average molecular weight is 167 g/mol. The lowest BCUT2D eigenvalue weighted by molar-refractivity contribution is -0.129. The zero-order valence-electron chi connectivity index (χ0n) is 7.33. The Morgan fingerprint density at radius 3 is 2.92 bits per heavy atom. The highest BCUT2D eigenvalue weighted by atomic mass is 16.5. The van der Waals surface area contributed by atoms with Gasteiger partial charge in [-0.2, -0.15) is 0 Å². The molecule has 0 fully saturated rings. The van der Waals surface area contributed by atoms with Crippen molar-refractivity contribution in [1.29, 1.82) is 0 Å². The highest BCUT2D eigenvalue weighted by Crippen LogP contribution is 2.18. The van der Waals surface area contributed by atoms with E-state index in [1.165, 1.54) is 11.1 Å². The standard InChI is InChI=1S/C9H13NO2/c1-7-3-10-4-9(7)8(2)5-12-6-11/h3-4,6,8,10H,5H2,1-2H3. The van der Waals surface area contributed by atoms with Crippen molar-refractivity contribution in [3.05, 3.63) is 23.5 Å². The number of hydrogen-bond acceptors (Lipinski definition) is 2. The molecule has 0 bridgehead atoms. The third-order valence-corrected chi connectivity index (χ3v) is 1.94. The molecule has 0 aromatic carbocycles. The lowest BCUT2D eigenvalue weighted by Crippen LogP contribution is -2.03. The lowest BCUT2D eigenvalue weighted by Gasteiger charge is -2.08. The summed E-state index contributed by atoms with van der Waals surface area (Å²) in [6, 6.07) is 0. The summed E-state index contributed by atoms with van der Waals surface area (Å²) in [6.45, 7) is 4.99. The van der Waals surface area contributed by atoms with Crippen LogP contribution in [0.4, 0.5) is 0 Å². The minimum Gasteiger partial charge on any atom is -0.467 e. The van der Waals surface area contributed by atoms with Gasteiger partial charge in [-0.1, -0.05) is 6.92 Å². The van der Waals surface area contributed by atoms with Gasteiger partial charge in [-0.15, -0.1) is 0 Å². The Bertz CT molecular complexity index is 255. The summed E-state index contributed by atoms with van der Waals surface area (Å²) >= 11 is 0. The number of nitrogens with one attached hydrogen (secondary N) is 1. The van der Waals surface area contributed by atoms with E-state index in [1.54, 1.807) is 0 Å². The highest BCUT2D eigenvalue weighted by Gasteiger charge is 2.08. The van der Waals surface area contributed by atoms with E-state index in [0.29, 0.717) is 13.1 Å². The van der Waals surface area contributed by atoms with Gasteiger partial charge in [-0.25, -0.2) is 0 Å². The first-order valence-electron chi connectivity index (χ1n) is 3.94. The molecule has 0 saturated heterocycles. The van der Waals surface area contributed by atoms with Gasteiger partial charge in [0, 0.05) is 18.3 Å². The smallest absolute Gasteiger partial charge is 0.293 e. The van der Waals surface area contributed by atoms with Crippen LogP contribution in [-0.4, -0.2) is 18.1 Å². The van der Waals surface area contributed by atoms with E-state index >= 15 is 0 Å². The van der Waals surface area contributed by atoms with Crippen LogP contribution in [-0.2, 0) is 9.53 Å². The second-order valence-corrected chi connectivity index (χ2v) is 2.92. The summed E-state index contributed by atoms with van der Waals surface area (Å²) in [5, 5.41) is 0. The topological polar surface area (TPSA) is 42.1 Å². The zero-order valence-corrected chi connectivity index (χ0v) is 7.33. The summed E-state index contributed by atoms with van der Waals surface area (Å²) in [7, 11) is 0. The van der Waals surface area contributed by atoms with Gasteiger partial charge in [-0.3, -0.25) is 4.79 Å². The van der Waals surface area contributed by atoms with E-state index in [4.69, 9.17) is 0 Å². The normalized spacial score (nSPS) is 12.5. The van der Waals surface area contributed by atoms with E-state index in [9.17, 15) is 4.79 Å². The second-order valence-electron chi connectivity index (χ2n) is 2.92. The van der Waals surface area contributed by atoms with Crippen molar-refractivity contribution in [3.8, 4) is 0 Å². The molecule has 1 aromatic heterocycles. The van der Waals surface area contributed by atoms with Crippen LogP contribution in [0.15, 0.2) is 12.4 Å². The zero-order chi connectivity index (χ0) is 8.97. The fraction of sp³-hybridized carbons (Fsp3) is 0.444. The molecule has 12 heavy (non-hydrogen) atoms. The van der Waals surface area contributed by atoms with Crippen LogP contribution in [0.5, 0.6) is 0 Å². The predicted molar refractivity (Wildman–Crippen MR) is 46.0 cm³/mol. The number of H-pyrrole nitrogens is 1. The van der Waals surface area contributed by atoms with Crippen LogP contribution < -0.4 is 0 Å². The van der Waals surface area contributed by atoms with Gasteiger partial charge >= 0.3 is 0 Å². The van der Waals surface area contributed by atoms with Crippen molar-refractivity contribution < 1.29 is 9.53 Å². The number of ether oxygens (including phenoxy) is 1. The molecule has 1 atom stereocenters. The molecular weight excluding hydrogens is 154 g/mol. The molecule has 3 nitrogen and oxygen atoms in total. The molecule has 1 N–H and O–H groups in total. The summed E-state index contributed by atoms with van der Waals surface area (Å²) < 4.78 is 4.68. The summed E-state index contributed by atoms with van der Waals surface area (Å²) in [5.41, 5.74) is 2.41. The van der Waals surface area contributed by atoms with Crippen molar-refractivity contribution >= 4 is 6.47 Å². The minimum absolute atomic E-state index is 0.265. The predicted octanol–water partition coefficient (Wildman–Crippen LogP) is 1.60. The molecule has 1 rings (SSSR count). The van der Waals surface area contributed by atoms with E-state index < -0.39 is 0 Å². The molecule has 1 aromatic rings. The monoisotopic (exact) mass is 167 g/mol. The molecule has 1 heterocycles. The van der Waals surface area contributed by atoms with Gasteiger partial charge in [0.25, 0.3) is 6.47 Å². The van der Waals surface area contributed by atoms with Crippen LogP contribution in [0.25, 0.3) is 0 Å². The molecule has 0 aliphatic carbocycles. The number of carbonyl (C=O) groups excluding carboxylic acids is 1. The molecule has 66 valence electrons. The fourth-order valence-corrected chi connectivity index (χ4v) is 1.26. The van der Waals surface area contributed by atoms with Crippen LogP contribution in [0.1, 0.15) is 24.0 Å². The first kappa shape index (κ1) is 8.84. The quantitative estimate of drug-likeness (QED) is 0.692. The molecule has 0 radical (unpaired) electrons. The van der Waals surface area contributed by atoms with E-state index in [-0.39, 0.29) is 5.92 Å². The Kier molecular flexibility index (Phi) is 2.91. The van der Waals surface area contributed by atoms with Crippen LogP contribution in [0.2, 0.25) is 0 Å². The van der Waals surface area contributed by atoms with Crippen molar-refractivity contribution in [2.75, 3.05) is 6.61 Å². The van der Waals surface area contributed by atoms with Crippen LogP contribution in [0, 0.1) is 6.92 Å². The molecule has 0 spiro atoms. The summed E-state index contributed by atoms with van der Waals surface area (Å²) in [5.74, 6) is 0.265. The molecule has 0 saturated carbocycles. The van der Waals surface area contributed by atoms with Gasteiger partial charge in [0.2, 0.25) is 0 Å². The van der Waals surface area contributed by atoms with Crippen molar-refractivity contribution in [3.63, 3.8) is 0 Å². The van der Waals surface area contributed by atoms with Crippen molar-refractivity contribution in [2.24, 2.45) is 0 Å². The van der Waals surface area contributed by atoms with Gasteiger partial charge in [0.05, 0.1) is 6.61 Å². The molecule has 0 aliphatic heterocycles. The maximum Gasteiger partial charge on any atom is 0.293 e. The molecule has 3 heteroatoms. The van der Waals surface area contributed by atoms with Gasteiger partial charge in [-0.05, 0) is 18.1 Å². The summed E-state index contributed by atoms with van der Waals surface area (Å²) in [6.07, 6.45) is 3.88. The van der Waals surface area contributed by atoms with E-state index in [1.807, 2.05) is 26.2 Å². The van der Waals surface area contributed by atoms with Crippen LogP contribution >= 0.6 is 0 Å². The third kappa shape index (κ3) is 1.87. The first-order chi connectivity index (χ1) is 5.75. The molecule has 0 amide bonds.